The molecular weight excluding hydrogens is 540 g/mol. The number of benzene rings is 4. The Hall–Kier alpha value is -5.14. The number of methoxy groups -OCH3 is 2. The standard InChI is InChI=1S/C33H27ClN2O5/c1-40-30-13-7-11-25(31(30)41-2)21-28(36-32(38)24-9-4-3-5-10-24)33(39)35-27-17-15-23(16-18-27)29(37)19-14-22-8-6-12-26(34)20-22/h3-21H,1-2H3,(H,35,39)(H,36,38)/b19-14+,28-21-. The van der Waals surface area contributed by atoms with Crippen LogP contribution in [0.1, 0.15) is 31.8 Å². The van der Waals surface area contributed by atoms with Crippen molar-refractivity contribution in [3.63, 3.8) is 0 Å². The van der Waals surface area contributed by atoms with Gasteiger partial charge in [0.05, 0.1) is 14.2 Å². The van der Waals surface area contributed by atoms with Crippen LogP contribution in [-0.2, 0) is 4.79 Å². The first-order valence-electron chi connectivity index (χ1n) is 12.6. The van der Waals surface area contributed by atoms with E-state index in [0.29, 0.717) is 38.9 Å². The van der Waals surface area contributed by atoms with E-state index in [2.05, 4.69) is 10.6 Å². The Bertz CT molecular complexity index is 1610. The van der Waals surface area contributed by atoms with Crippen molar-refractivity contribution >= 4 is 47.0 Å². The summed E-state index contributed by atoms with van der Waals surface area (Å²) in [5, 5.41) is 6.06. The van der Waals surface area contributed by atoms with Crippen molar-refractivity contribution in [1.82, 2.24) is 5.32 Å². The molecule has 0 saturated heterocycles. The van der Waals surface area contributed by atoms with E-state index in [9.17, 15) is 14.4 Å². The first kappa shape index (κ1) is 28.9. The van der Waals surface area contributed by atoms with Gasteiger partial charge in [-0.15, -0.1) is 0 Å². The SMILES string of the molecule is COc1cccc(/C=C(\NC(=O)c2ccccc2)C(=O)Nc2ccc(C(=O)/C=C/c3cccc(Cl)c3)cc2)c1OC. The largest absolute Gasteiger partial charge is 0.493 e. The van der Waals surface area contributed by atoms with Gasteiger partial charge in [0.25, 0.3) is 11.8 Å². The number of para-hydroxylation sites is 1. The topological polar surface area (TPSA) is 93.7 Å². The summed E-state index contributed by atoms with van der Waals surface area (Å²) < 4.78 is 10.9. The lowest BCUT2D eigenvalue weighted by atomic mass is 10.1. The van der Waals surface area contributed by atoms with Crippen LogP contribution < -0.4 is 20.1 Å². The third-order valence-electron chi connectivity index (χ3n) is 5.97. The summed E-state index contributed by atoms with van der Waals surface area (Å²) in [6.07, 6.45) is 4.65. The summed E-state index contributed by atoms with van der Waals surface area (Å²) in [7, 11) is 3.00. The van der Waals surface area contributed by atoms with E-state index >= 15 is 0 Å². The monoisotopic (exact) mass is 566 g/mol. The van der Waals surface area contributed by atoms with Gasteiger partial charge in [-0.05, 0) is 72.3 Å². The highest BCUT2D eigenvalue weighted by Crippen LogP contribution is 2.32. The second-order valence-corrected chi connectivity index (χ2v) is 9.18. The molecule has 4 rings (SSSR count). The van der Waals surface area contributed by atoms with Crippen molar-refractivity contribution in [3.8, 4) is 11.5 Å². The molecule has 0 aromatic heterocycles. The fourth-order valence-electron chi connectivity index (χ4n) is 3.92. The summed E-state index contributed by atoms with van der Waals surface area (Å²) in [6, 6.07) is 27.4. The van der Waals surface area contributed by atoms with Gasteiger partial charge in [0.2, 0.25) is 0 Å². The second-order valence-electron chi connectivity index (χ2n) is 8.74. The molecule has 0 unspecified atom stereocenters. The molecule has 0 atom stereocenters. The zero-order valence-electron chi connectivity index (χ0n) is 22.4. The van der Waals surface area contributed by atoms with E-state index in [1.54, 1.807) is 97.1 Å². The molecule has 0 heterocycles. The van der Waals surface area contributed by atoms with E-state index < -0.39 is 11.8 Å². The highest BCUT2D eigenvalue weighted by molar-refractivity contribution is 6.30. The van der Waals surface area contributed by atoms with Crippen molar-refractivity contribution in [2.45, 2.75) is 0 Å². The molecule has 2 amide bonds. The Morgan fingerprint density at radius 3 is 2.20 bits per heavy atom. The zero-order chi connectivity index (χ0) is 29.2. The predicted octanol–water partition coefficient (Wildman–Crippen LogP) is 6.66. The molecular formula is C33H27ClN2O5. The van der Waals surface area contributed by atoms with Crippen LogP contribution in [0.15, 0.2) is 109 Å². The summed E-state index contributed by atoms with van der Waals surface area (Å²) in [4.78, 5) is 39.0. The normalized spacial score (nSPS) is 11.1. The third kappa shape index (κ3) is 7.71. The zero-order valence-corrected chi connectivity index (χ0v) is 23.1. The molecule has 0 saturated carbocycles. The van der Waals surface area contributed by atoms with Crippen molar-refractivity contribution in [2.24, 2.45) is 0 Å². The lowest BCUT2D eigenvalue weighted by molar-refractivity contribution is -0.113. The van der Waals surface area contributed by atoms with Crippen LogP contribution in [0.25, 0.3) is 12.2 Å². The number of ketones is 1. The van der Waals surface area contributed by atoms with Crippen LogP contribution in [0, 0.1) is 0 Å². The average molecular weight is 567 g/mol. The minimum Gasteiger partial charge on any atom is -0.493 e. The van der Waals surface area contributed by atoms with Crippen LogP contribution in [0.5, 0.6) is 11.5 Å². The van der Waals surface area contributed by atoms with Crippen molar-refractivity contribution < 1.29 is 23.9 Å². The molecule has 4 aromatic rings. The van der Waals surface area contributed by atoms with E-state index in [-0.39, 0.29) is 11.5 Å². The molecule has 0 bridgehead atoms. The highest BCUT2D eigenvalue weighted by atomic mass is 35.5. The molecule has 0 fully saturated rings. The third-order valence-corrected chi connectivity index (χ3v) is 6.20. The fourth-order valence-corrected chi connectivity index (χ4v) is 4.12. The second kappa shape index (κ2) is 13.8. The summed E-state index contributed by atoms with van der Waals surface area (Å²) in [5.41, 5.74) is 2.57. The van der Waals surface area contributed by atoms with Gasteiger partial charge in [0.15, 0.2) is 17.3 Å². The van der Waals surface area contributed by atoms with E-state index in [1.165, 1.54) is 26.4 Å². The first-order chi connectivity index (χ1) is 19.9. The Kier molecular flexibility index (Phi) is 9.70. The number of carbonyl (C=O) groups is 3. The van der Waals surface area contributed by atoms with Crippen molar-refractivity contribution in [2.75, 3.05) is 19.5 Å². The minimum absolute atomic E-state index is 0.0185. The number of halogens is 1. The van der Waals surface area contributed by atoms with Gasteiger partial charge in [0.1, 0.15) is 5.70 Å². The van der Waals surface area contributed by atoms with Gasteiger partial charge in [-0.25, -0.2) is 0 Å². The molecule has 0 aliphatic heterocycles. The van der Waals surface area contributed by atoms with Crippen LogP contribution in [-0.4, -0.2) is 31.8 Å². The van der Waals surface area contributed by atoms with Gasteiger partial charge >= 0.3 is 0 Å². The maximum atomic E-state index is 13.4. The maximum Gasteiger partial charge on any atom is 0.272 e. The molecule has 7 nitrogen and oxygen atoms in total. The van der Waals surface area contributed by atoms with Gasteiger partial charge < -0.3 is 20.1 Å². The number of anilines is 1. The minimum atomic E-state index is -0.570. The Morgan fingerprint density at radius 2 is 1.51 bits per heavy atom. The maximum absolute atomic E-state index is 13.4. The number of hydrogen-bond acceptors (Lipinski definition) is 5. The first-order valence-corrected chi connectivity index (χ1v) is 12.9. The molecule has 206 valence electrons. The number of allylic oxidation sites excluding steroid dienone is 1. The lowest BCUT2D eigenvalue weighted by Gasteiger charge is -2.14. The highest BCUT2D eigenvalue weighted by Gasteiger charge is 2.17. The Morgan fingerprint density at radius 1 is 0.780 bits per heavy atom. The average Bonchev–Trinajstić information content (AvgIpc) is 3.00. The summed E-state index contributed by atoms with van der Waals surface area (Å²) in [5.74, 6) is -0.355. The molecule has 4 aromatic carbocycles. The number of ether oxygens (including phenoxy) is 2. The summed E-state index contributed by atoms with van der Waals surface area (Å²) in [6.45, 7) is 0. The van der Waals surface area contributed by atoms with Crippen LogP contribution in [0.4, 0.5) is 5.69 Å². The molecule has 0 aliphatic rings. The molecule has 41 heavy (non-hydrogen) atoms. The Labute approximate surface area is 243 Å². The number of amides is 2. The van der Waals surface area contributed by atoms with E-state index in [0.717, 1.165) is 5.56 Å². The van der Waals surface area contributed by atoms with Gasteiger partial charge in [-0.2, -0.15) is 0 Å². The lowest BCUT2D eigenvalue weighted by Crippen LogP contribution is -2.30. The quantitative estimate of drug-likeness (QED) is 0.165. The predicted molar refractivity (Wildman–Crippen MR) is 161 cm³/mol. The molecule has 0 spiro atoms. The summed E-state index contributed by atoms with van der Waals surface area (Å²) >= 11 is 6.00. The molecule has 0 radical (unpaired) electrons. The molecule has 2 N–H and O–H groups in total. The smallest absolute Gasteiger partial charge is 0.272 e. The van der Waals surface area contributed by atoms with Gasteiger partial charge in [0, 0.05) is 27.4 Å². The number of hydrogen-bond donors (Lipinski definition) is 2. The number of carbonyl (C=O) groups excluding carboxylic acids is 3. The number of nitrogens with one attached hydrogen (secondary N) is 2. The van der Waals surface area contributed by atoms with E-state index in [1.807, 2.05) is 6.07 Å². The van der Waals surface area contributed by atoms with E-state index in [4.69, 9.17) is 21.1 Å². The number of rotatable bonds is 10. The van der Waals surface area contributed by atoms with Gasteiger partial charge in [-0.3, -0.25) is 14.4 Å². The molecule has 0 aliphatic carbocycles. The van der Waals surface area contributed by atoms with Crippen molar-refractivity contribution in [3.05, 3.63) is 136 Å². The fraction of sp³-hybridized carbons (Fsp3) is 0.0606. The van der Waals surface area contributed by atoms with Crippen LogP contribution in [0.2, 0.25) is 5.02 Å². The molecule has 8 heteroatoms. The van der Waals surface area contributed by atoms with Gasteiger partial charge in [-0.1, -0.05) is 60.1 Å². The van der Waals surface area contributed by atoms with Crippen LogP contribution in [0.3, 0.4) is 0 Å². The Balaban J connectivity index is 1.56. The van der Waals surface area contributed by atoms with Crippen LogP contribution >= 0.6 is 11.6 Å². The van der Waals surface area contributed by atoms with Crippen molar-refractivity contribution in [1.29, 1.82) is 0 Å².